The summed E-state index contributed by atoms with van der Waals surface area (Å²) in [7, 11) is 4.18. The Morgan fingerprint density at radius 1 is 1.10 bits per heavy atom. The van der Waals surface area contributed by atoms with E-state index in [2.05, 4.69) is 60.7 Å². The first-order valence-corrected chi connectivity index (χ1v) is 7.44. The van der Waals surface area contributed by atoms with Crippen LogP contribution in [0.15, 0.2) is 48.5 Å². The van der Waals surface area contributed by atoms with Crippen LogP contribution in [0.4, 0.5) is 5.69 Å². The SMILES string of the molecule is CN(C)Cc1ccc(NC2CCOc3ccccc32)cc1. The molecule has 2 aromatic carbocycles. The zero-order valence-electron chi connectivity index (χ0n) is 12.7. The first-order valence-electron chi connectivity index (χ1n) is 7.44. The third-order valence-electron chi connectivity index (χ3n) is 3.75. The molecule has 0 aromatic heterocycles. The number of hydrogen-bond acceptors (Lipinski definition) is 3. The minimum atomic E-state index is 0.328. The van der Waals surface area contributed by atoms with Crippen molar-refractivity contribution >= 4 is 5.69 Å². The van der Waals surface area contributed by atoms with Gasteiger partial charge < -0.3 is 15.0 Å². The van der Waals surface area contributed by atoms with Gasteiger partial charge in [-0.05, 0) is 37.9 Å². The molecule has 0 saturated carbocycles. The fourth-order valence-corrected chi connectivity index (χ4v) is 2.76. The fourth-order valence-electron chi connectivity index (χ4n) is 2.76. The molecule has 1 aliphatic heterocycles. The van der Waals surface area contributed by atoms with E-state index < -0.39 is 0 Å². The highest BCUT2D eigenvalue weighted by Gasteiger charge is 2.20. The van der Waals surface area contributed by atoms with E-state index in [9.17, 15) is 0 Å². The van der Waals surface area contributed by atoms with Crippen molar-refractivity contribution in [3.63, 3.8) is 0 Å². The van der Waals surface area contributed by atoms with Gasteiger partial charge >= 0.3 is 0 Å². The van der Waals surface area contributed by atoms with Gasteiger partial charge in [0.2, 0.25) is 0 Å². The quantitative estimate of drug-likeness (QED) is 0.925. The highest BCUT2D eigenvalue weighted by Crippen LogP contribution is 2.33. The van der Waals surface area contributed by atoms with E-state index in [1.54, 1.807) is 0 Å². The van der Waals surface area contributed by atoms with Crippen LogP contribution in [-0.4, -0.2) is 25.6 Å². The molecule has 0 aliphatic carbocycles. The number of benzene rings is 2. The molecule has 1 aliphatic rings. The van der Waals surface area contributed by atoms with E-state index in [1.807, 2.05) is 12.1 Å². The number of rotatable bonds is 4. The number of anilines is 1. The molecule has 110 valence electrons. The monoisotopic (exact) mass is 282 g/mol. The standard InChI is InChI=1S/C18H22N2O/c1-20(2)13-14-7-9-15(10-8-14)19-17-11-12-21-18-6-4-3-5-16(17)18/h3-10,17,19H,11-13H2,1-2H3. The van der Waals surface area contributed by atoms with Crippen LogP contribution < -0.4 is 10.1 Å². The lowest BCUT2D eigenvalue weighted by Crippen LogP contribution is -2.20. The second-order valence-electron chi connectivity index (χ2n) is 5.81. The molecule has 0 amide bonds. The fraction of sp³-hybridized carbons (Fsp3) is 0.333. The van der Waals surface area contributed by atoms with E-state index in [0.717, 1.165) is 25.3 Å². The van der Waals surface area contributed by atoms with Crippen LogP contribution in [0.5, 0.6) is 5.75 Å². The van der Waals surface area contributed by atoms with E-state index in [0.29, 0.717) is 6.04 Å². The molecular weight excluding hydrogens is 260 g/mol. The van der Waals surface area contributed by atoms with Gasteiger partial charge in [0.15, 0.2) is 0 Å². The average Bonchev–Trinajstić information content (AvgIpc) is 2.49. The lowest BCUT2D eigenvalue weighted by molar-refractivity contribution is 0.274. The Kier molecular flexibility index (Phi) is 4.11. The molecule has 1 atom stereocenters. The van der Waals surface area contributed by atoms with Crippen molar-refractivity contribution in [2.45, 2.75) is 19.0 Å². The number of nitrogens with zero attached hydrogens (tertiary/aromatic N) is 1. The number of hydrogen-bond donors (Lipinski definition) is 1. The lowest BCUT2D eigenvalue weighted by atomic mass is 10.00. The zero-order chi connectivity index (χ0) is 14.7. The molecule has 2 aromatic rings. The second-order valence-corrected chi connectivity index (χ2v) is 5.81. The smallest absolute Gasteiger partial charge is 0.124 e. The molecule has 0 bridgehead atoms. The summed E-state index contributed by atoms with van der Waals surface area (Å²) >= 11 is 0. The molecule has 1 heterocycles. The summed E-state index contributed by atoms with van der Waals surface area (Å²) in [4.78, 5) is 2.18. The normalized spacial score (nSPS) is 17.2. The molecule has 1 N–H and O–H groups in total. The van der Waals surface area contributed by atoms with E-state index in [1.165, 1.54) is 16.8 Å². The van der Waals surface area contributed by atoms with Gasteiger partial charge in [0, 0.05) is 24.2 Å². The van der Waals surface area contributed by atoms with Crippen molar-refractivity contribution in [1.29, 1.82) is 0 Å². The highest BCUT2D eigenvalue weighted by atomic mass is 16.5. The zero-order valence-corrected chi connectivity index (χ0v) is 12.7. The number of fused-ring (bicyclic) bond motifs is 1. The molecule has 3 heteroatoms. The Hall–Kier alpha value is -2.00. The summed E-state index contributed by atoms with van der Waals surface area (Å²) in [6, 6.07) is 17.3. The topological polar surface area (TPSA) is 24.5 Å². The number of para-hydroxylation sites is 1. The Morgan fingerprint density at radius 3 is 2.62 bits per heavy atom. The maximum absolute atomic E-state index is 5.71. The average molecular weight is 282 g/mol. The van der Waals surface area contributed by atoms with Gasteiger partial charge in [-0.25, -0.2) is 0 Å². The minimum absolute atomic E-state index is 0.328. The third-order valence-corrected chi connectivity index (χ3v) is 3.75. The predicted octanol–water partition coefficient (Wildman–Crippen LogP) is 3.68. The minimum Gasteiger partial charge on any atom is -0.493 e. The maximum Gasteiger partial charge on any atom is 0.124 e. The van der Waals surface area contributed by atoms with Crippen molar-refractivity contribution in [2.75, 3.05) is 26.0 Å². The number of nitrogens with one attached hydrogen (secondary N) is 1. The Bertz CT molecular complexity index is 592. The largest absolute Gasteiger partial charge is 0.493 e. The summed E-state index contributed by atoms with van der Waals surface area (Å²) < 4.78 is 5.71. The van der Waals surface area contributed by atoms with Gasteiger partial charge in [-0.2, -0.15) is 0 Å². The van der Waals surface area contributed by atoms with Crippen LogP contribution in [0.2, 0.25) is 0 Å². The molecule has 0 radical (unpaired) electrons. The molecule has 0 spiro atoms. The molecule has 0 saturated heterocycles. The van der Waals surface area contributed by atoms with Crippen molar-refractivity contribution in [2.24, 2.45) is 0 Å². The molecule has 3 nitrogen and oxygen atoms in total. The Balaban J connectivity index is 1.73. The maximum atomic E-state index is 5.71. The van der Waals surface area contributed by atoms with Crippen molar-refractivity contribution < 1.29 is 4.74 Å². The van der Waals surface area contributed by atoms with Crippen LogP contribution in [0.1, 0.15) is 23.6 Å². The molecule has 3 rings (SSSR count). The van der Waals surface area contributed by atoms with Gasteiger partial charge in [0.1, 0.15) is 5.75 Å². The van der Waals surface area contributed by atoms with Crippen LogP contribution in [-0.2, 0) is 6.54 Å². The van der Waals surface area contributed by atoms with E-state index in [-0.39, 0.29) is 0 Å². The second kappa shape index (κ2) is 6.19. The molecule has 21 heavy (non-hydrogen) atoms. The van der Waals surface area contributed by atoms with Gasteiger partial charge in [-0.1, -0.05) is 30.3 Å². The van der Waals surface area contributed by atoms with Crippen LogP contribution in [0.3, 0.4) is 0 Å². The van der Waals surface area contributed by atoms with Crippen LogP contribution >= 0.6 is 0 Å². The summed E-state index contributed by atoms with van der Waals surface area (Å²) in [5.74, 6) is 1.01. The predicted molar refractivity (Wildman–Crippen MR) is 86.8 cm³/mol. The number of ether oxygens (including phenoxy) is 1. The first-order chi connectivity index (χ1) is 10.2. The third kappa shape index (κ3) is 3.37. The van der Waals surface area contributed by atoms with Gasteiger partial charge in [-0.3, -0.25) is 0 Å². The van der Waals surface area contributed by atoms with Crippen molar-refractivity contribution in [3.8, 4) is 5.75 Å². The van der Waals surface area contributed by atoms with Crippen LogP contribution in [0, 0.1) is 0 Å². The highest BCUT2D eigenvalue weighted by molar-refractivity contribution is 5.49. The van der Waals surface area contributed by atoms with Gasteiger partial charge in [-0.15, -0.1) is 0 Å². The van der Waals surface area contributed by atoms with Gasteiger partial charge in [0.25, 0.3) is 0 Å². The molecule has 1 unspecified atom stereocenters. The molecular formula is C18H22N2O. The van der Waals surface area contributed by atoms with Crippen LogP contribution in [0.25, 0.3) is 0 Å². The summed E-state index contributed by atoms with van der Waals surface area (Å²) in [5, 5.41) is 3.62. The summed E-state index contributed by atoms with van der Waals surface area (Å²) in [5.41, 5.74) is 3.75. The Morgan fingerprint density at radius 2 is 1.86 bits per heavy atom. The van der Waals surface area contributed by atoms with Crippen molar-refractivity contribution in [3.05, 3.63) is 59.7 Å². The van der Waals surface area contributed by atoms with E-state index in [4.69, 9.17) is 4.74 Å². The molecule has 0 fully saturated rings. The van der Waals surface area contributed by atoms with Crippen molar-refractivity contribution in [1.82, 2.24) is 4.90 Å². The summed E-state index contributed by atoms with van der Waals surface area (Å²) in [6.45, 7) is 1.74. The Labute approximate surface area is 126 Å². The first kappa shape index (κ1) is 14.0. The lowest BCUT2D eigenvalue weighted by Gasteiger charge is -2.27. The van der Waals surface area contributed by atoms with E-state index >= 15 is 0 Å². The van der Waals surface area contributed by atoms with Gasteiger partial charge in [0.05, 0.1) is 12.6 Å². The summed E-state index contributed by atoms with van der Waals surface area (Å²) in [6.07, 6.45) is 0.996.